The fourth-order valence-corrected chi connectivity index (χ4v) is 3.90. The third-order valence-corrected chi connectivity index (χ3v) is 5.18. The number of nitrogens with zero attached hydrogens (tertiary/aromatic N) is 1. The number of ether oxygens (including phenoxy) is 1. The summed E-state index contributed by atoms with van der Waals surface area (Å²) >= 11 is 0. The van der Waals surface area contributed by atoms with Crippen LogP contribution in [0.5, 0.6) is 0 Å². The molecule has 0 bridgehead atoms. The van der Waals surface area contributed by atoms with E-state index in [-0.39, 0.29) is 5.91 Å². The van der Waals surface area contributed by atoms with Gasteiger partial charge in [-0.2, -0.15) is 0 Å². The Morgan fingerprint density at radius 3 is 2.87 bits per heavy atom. The molecule has 1 aromatic carbocycles. The molecule has 126 valence electrons. The number of carbonyl (C=O) groups is 1. The van der Waals surface area contributed by atoms with Gasteiger partial charge >= 0.3 is 0 Å². The van der Waals surface area contributed by atoms with Crippen molar-refractivity contribution in [1.29, 1.82) is 0 Å². The fourth-order valence-electron chi connectivity index (χ4n) is 3.90. The third kappa shape index (κ3) is 3.57. The van der Waals surface area contributed by atoms with Crippen molar-refractivity contribution in [2.75, 3.05) is 26.2 Å². The van der Waals surface area contributed by atoms with E-state index in [9.17, 15) is 4.79 Å². The molecule has 2 aliphatic rings. The van der Waals surface area contributed by atoms with Crippen LogP contribution < -0.4 is 11.1 Å². The SMILES string of the molecule is NC(=O)C1(COCc2ccccc2)CCCCN1C1CCNC1. The number of benzene rings is 1. The number of hydrogen-bond acceptors (Lipinski definition) is 4. The van der Waals surface area contributed by atoms with Gasteiger partial charge in [0.2, 0.25) is 5.91 Å². The van der Waals surface area contributed by atoms with Crippen LogP contribution in [0.25, 0.3) is 0 Å². The Morgan fingerprint density at radius 1 is 1.35 bits per heavy atom. The zero-order valence-electron chi connectivity index (χ0n) is 13.7. The van der Waals surface area contributed by atoms with E-state index in [1.165, 1.54) is 0 Å². The lowest BCUT2D eigenvalue weighted by molar-refractivity contribution is -0.141. The van der Waals surface area contributed by atoms with Crippen molar-refractivity contribution in [3.8, 4) is 0 Å². The zero-order chi connectivity index (χ0) is 16.1. The van der Waals surface area contributed by atoms with Crippen molar-refractivity contribution >= 4 is 5.91 Å². The summed E-state index contributed by atoms with van der Waals surface area (Å²) in [5.41, 5.74) is 6.33. The molecule has 2 saturated heterocycles. The van der Waals surface area contributed by atoms with Crippen molar-refractivity contribution in [2.24, 2.45) is 5.73 Å². The Balaban J connectivity index is 1.70. The Morgan fingerprint density at radius 2 is 2.17 bits per heavy atom. The van der Waals surface area contributed by atoms with Crippen LogP contribution >= 0.6 is 0 Å². The van der Waals surface area contributed by atoms with Gasteiger partial charge in [-0.05, 0) is 44.3 Å². The standard InChI is InChI=1S/C18H27N3O2/c19-17(22)18(14-23-13-15-6-2-1-3-7-15)9-4-5-11-21(18)16-8-10-20-12-16/h1-3,6-7,16,20H,4-5,8-14H2,(H2,19,22). The molecule has 2 heterocycles. The Bertz CT molecular complexity index is 516. The maximum atomic E-state index is 12.4. The highest BCUT2D eigenvalue weighted by atomic mass is 16.5. The number of piperidine rings is 1. The fraction of sp³-hybridized carbons (Fsp3) is 0.611. The molecule has 1 amide bonds. The maximum absolute atomic E-state index is 12.4. The van der Waals surface area contributed by atoms with Gasteiger partial charge in [-0.15, -0.1) is 0 Å². The second kappa shape index (κ2) is 7.43. The number of rotatable bonds is 6. The molecule has 0 aromatic heterocycles. The summed E-state index contributed by atoms with van der Waals surface area (Å²) in [5, 5.41) is 3.39. The van der Waals surface area contributed by atoms with Gasteiger partial charge in [0.15, 0.2) is 0 Å². The first-order valence-electron chi connectivity index (χ1n) is 8.61. The molecule has 2 unspecified atom stereocenters. The topological polar surface area (TPSA) is 67.6 Å². The van der Waals surface area contributed by atoms with Gasteiger partial charge in [-0.1, -0.05) is 30.3 Å². The van der Waals surface area contributed by atoms with Gasteiger partial charge in [0.25, 0.3) is 0 Å². The lowest BCUT2D eigenvalue weighted by Crippen LogP contribution is -2.65. The second-order valence-corrected chi connectivity index (χ2v) is 6.67. The number of primary amides is 1. The van der Waals surface area contributed by atoms with Crippen molar-refractivity contribution in [1.82, 2.24) is 10.2 Å². The quantitative estimate of drug-likeness (QED) is 0.829. The molecule has 0 radical (unpaired) electrons. The van der Waals surface area contributed by atoms with Gasteiger partial charge < -0.3 is 15.8 Å². The third-order valence-electron chi connectivity index (χ3n) is 5.18. The largest absolute Gasteiger partial charge is 0.374 e. The van der Waals surface area contributed by atoms with Crippen molar-refractivity contribution < 1.29 is 9.53 Å². The highest BCUT2D eigenvalue weighted by Gasteiger charge is 2.47. The molecule has 5 heteroatoms. The van der Waals surface area contributed by atoms with Crippen LogP contribution in [-0.4, -0.2) is 48.6 Å². The van der Waals surface area contributed by atoms with Crippen molar-refractivity contribution in [3.05, 3.63) is 35.9 Å². The summed E-state index contributed by atoms with van der Waals surface area (Å²) in [5.74, 6) is -0.239. The van der Waals surface area contributed by atoms with E-state index in [4.69, 9.17) is 10.5 Å². The number of amides is 1. The van der Waals surface area contributed by atoms with Gasteiger partial charge in [0.1, 0.15) is 5.54 Å². The first kappa shape index (κ1) is 16.4. The summed E-state index contributed by atoms with van der Waals surface area (Å²) in [6.07, 6.45) is 4.04. The lowest BCUT2D eigenvalue weighted by Gasteiger charge is -2.47. The molecular formula is C18H27N3O2. The summed E-state index contributed by atoms with van der Waals surface area (Å²) in [6, 6.07) is 10.5. The van der Waals surface area contributed by atoms with E-state index in [1.54, 1.807) is 0 Å². The lowest BCUT2D eigenvalue weighted by atomic mass is 9.84. The molecule has 1 aromatic rings. The van der Waals surface area contributed by atoms with Crippen LogP contribution in [0, 0.1) is 0 Å². The number of nitrogens with two attached hydrogens (primary N) is 1. The zero-order valence-corrected chi connectivity index (χ0v) is 13.7. The van der Waals surface area contributed by atoms with E-state index >= 15 is 0 Å². The van der Waals surface area contributed by atoms with Crippen LogP contribution in [0.15, 0.2) is 30.3 Å². The van der Waals surface area contributed by atoms with Gasteiger partial charge in [-0.25, -0.2) is 0 Å². The highest BCUT2D eigenvalue weighted by molar-refractivity contribution is 5.85. The predicted octanol–water partition coefficient (Wildman–Crippen LogP) is 1.28. The number of likely N-dealkylation sites (tertiary alicyclic amines) is 1. The first-order valence-corrected chi connectivity index (χ1v) is 8.61. The highest BCUT2D eigenvalue weighted by Crippen LogP contribution is 2.32. The minimum Gasteiger partial charge on any atom is -0.374 e. The molecule has 0 saturated carbocycles. The Hall–Kier alpha value is -1.43. The minimum atomic E-state index is -0.649. The molecular weight excluding hydrogens is 290 g/mol. The Kier molecular flexibility index (Phi) is 5.30. The number of nitrogens with one attached hydrogen (secondary N) is 1. The Labute approximate surface area is 138 Å². The molecule has 23 heavy (non-hydrogen) atoms. The molecule has 5 nitrogen and oxygen atoms in total. The van der Waals surface area contributed by atoms with E-state index in [1.807, 2.05) is 30.3 Å². The van der Waals surface area contributed by atoms with E-state index in [0.717, 1.165) is 50.9 Å². The van der Waals surface area contributed by atoms with Crippen LogP contribution in [0.3, 0.4) is 0 Å². The first-order chi connectivity index (χ1) is 11.2. The van der Waals surface area contributed by atoms with E-state index in [2.05, 4.69) is 10.2 Å². The molecule has 0 aliphatic carbocycles. The normalized spacial score (nSPS) is 28.8. The molecule has 2 atom stereocenters. The van der Waals surface area contributed by atoms with Crippen LogP contribution in [-0.2, 0) is 16.1 Å². The van der Waals surface area contributed by atoms with Crippen molar-refractivity contribution in [2.45, 2.75) is 43.9 Å². The summed E-state index contributed by atoms with van der Waals surface area (Å²) in [6.45, 7) is 3.79. The minimum absolute atomic E-state index is 0.239. The average molecular weight is 317 g/mol. The van der Waals surface area contributed by atoms with Gasteiger partial charge in [0.05, 0.1) is 13.2 Å². The predicted molar refractivity (Wildman–Crippen MR) is 89.9 cm³/mol. The smallest absolute Gasteiger partial charge is 0.240 e. The summed E-state index contributed by atoms with van der Waals surface area (Å²) < 4.78 is 5.95. The molecule has 2 fully saturated rings. The monoisotopic (exact) mass is 317 g/mol. The van der Waals surface area contributed by atoms with Gasteiger partial charge in [-0.3, -0.25) is 9.69 Å². The summed E-state index contributed by atoms with van der Waals surface area (Å²) in [7, 11) is 0. The molecule has 3 rings (SSSR count). The van der Waals surface area contributed by atoms with E-state index in [0.29, 0.717) is 19.3 Å². The van der Waals surface area contributed by atoms with E-state index < -0.39 is 5.54 Å². The van der Waals surface area contributed by atoms with Crippen LogP contribution in [0.4, 0.5) is 0 Å². The maximum Gasteiger partial charge on any atom is 0.240 e. The van der Waals surface area contributed by atoms with Crippen LogP contribution in [0.1, 0.15) is 31.2 Å². The molecule has 2 aliphatic heterocycles. The summed E-state index contributed by atoms with van der Waals surface area (Å²) in [4.78, 5) is 14.7. The molecule has 0 spiro atoms. The van der Waals surface area contributed by atoms with Crippen molar-refractivity contribution in [3.63, 3.8) is 0 Å². The number of carbonyl (C=O) groups excluding carboxylic acids is 1. The second-order valence-electron chi connectivity index (χ2n) is 6.67. The van der Waals surface area contributed by atoms with Gasteiger partial charge in [0, 0.05) is 12.6 Å². The number of hydrogen-bond donors (Lipinski definition) is 2. The van der Waals surface area contributed by atoms with Crippen LogP contribution in [0.2, 0.25) is 0 Å². The average Bonchev–Trinajstić information content (AvgIpc) is 3.10. The molecule has 3 N–H and O–H groups in total.